The van der Waals surface area contributed by atoms with Crippen LogP contribution in [0.4, 0.5) is 0 Å². The van der Waals surface area contributed by atoms with Crippen molar-refractivity contribution in [1.29, 1.82) is 0 Å². The summed E-state index contributed by atoms with van der Waals surface area (Å²) in [6, 6.07) is 4.82. The maximum Gasteiger partial charge on any atom is 0.251 e. The van der Waals surface area contributed by atoms with Crippen LogP contribution in [0, 0.1) is 11.8 Å². The summed E-state index contributed by atoms with van der Waals surface area (Å²) in [6.45, 7) is 0.0806. The minimum atomic E-state index is -0.245. The topological polar surface area (TPSA) is 78.0 Å². The largest absolute Gasteiger partial charge is 0.384 e. The van der Waals surface area contributed by atoms with Crippen molar-refractivity contribution in [3.63, 3.8) is 0 Å². The summed E-state index contributed by atoms with van der Waals surface area (Å²) in [6.07, 6.45) is 3.31. The number of aliphatic hydroxyl groups is 1. The van der Waals surface area contributed by atoms with Crippen LogP contribution in [0.3, 0.4) is 0 Å². The number of aliphatic hydroxyl groups excluding tert-OH is 1. The van der Waals surface area contributed by atoms with E-state index in [9.17, 15) is 4.79 Å². The number of carbonyl (C=O) groups excluding carboxylic acids is 1. The fourth-order valence-electron chi connectivity index (χ4n) is 1.55. The molecule has 0 aliphatic heterocycles. The molecule has 6 heteroatoms. The van der Waals surface area contributed by atoms with Gasteiger partial charge in [0.1, 0.15) is 12.4 Å². The molecule has 0 bridgehead atoms. The summed E-state index contributed by atoms with van der Waals surface area (Å²) in [4.78, 5) is 18.8. The molecule has 102 valence electrons. The molecule has 0 atom stereocenters. The standard InChI is InChI=1S/C14H12ClN3O2/c15-12-8-11(4-3-10(12)2-1-7-19)14(20)18-9-13-16-5-6-17-13/h3-6,8,19H,7,9H2,(H,16,17)(H,18,20). The highest BCUT2D eigenvalue weighted by Crippen LogP contribution is 2.17. The first-order valence-corrected chi connectivity index (χ1v) is 6.24. The molecule has 1 heterocycles. The Labute approximate surface area is 121 Å². The van der Waals surface area contributed by atoms with Crippen LogP contribution in [0.2, 0.25) is 5.02 Å². The average Bonchev–Trinajstić information content (AvgIpc) is 2.96. The van der Waals surface area contributed by atoms with Crippen LogP contribution in [0.1, 0.15) is 21.7 Å². The van der Waals surface area contributed by atoms with E-state index in [-0.39, 0.29) is 12.5 Å². The molecule has 1 aromatic carbocycles. The highest BCUT2D eigenvalue weighted by Gasteiger charge is 2.08. The summed E-state index contributed by atoms with van der Waals surface area (Å²) in [7, 11) is 0. The minimum absolute atomic E-state index is 0.234. The van der Waals surface area contributed by atoms with Gasteiger partial charge in [0, 0.05) is 23.5 Å². The lowest BCUT2D eigenvalue weighted by Crippen LogP contribution is -2.23. The van der Waals surface area contributed by atoms with Gasteiger partial charge >= 0.3 is 0 Å². The Hall–Kier alpha value is -2.29. The maximum absolute atomic E-state index is 11.9. The van der Waals surface area contributed by atoms with Gasteiger partial charge in [-0.3, -0.25) is 4.79 Å². The lowest BCUT2D eigenvalue weighted by atomic mass is 10.1. The van der Waals surface area contributed by atoms with Crippen molar-refractivity contribution in [2.45, 2.75) is 6.54 Å². The second-order valence-corrected chi connectivity index (χ2v) is 4.28. The normalized spacial score (nSPS) is 9.70. The Balaban J connectivity index is 2.05. The number of nitrogens with one attached hydrogen (secondary N) is 2. The molecule has 1 aromatic heterocycles. The molecule has 0 unspecified atom stereocenters. The maximum atomic E-state index is 11.9. The highest BCUT2D eigenvalue weighted by atomic mass is 35.5. The predicted molar refractivity (Wildman–Crippen MR) is 75.2 cm³/mol. The highest BCUT2D eigenvalue weighted by molar-refractivity contribution is 6.32. The average molecular weight is 290 g/mol. The van der Waals surface area contributed by atoms with Crippen LogP contribution in [0.15, 0.2) is 30.6 Å². The van der Waals surface area contributed by atoms with Crippen molar-refractivity contribution in [3.05, 3.63) is 52.6 Å². The molecule has 0 fully saturated rings. The lowest BCUT2D eigenvalue weighted by Gasteiger charge is -2.04. The van der Waals surface area contributed by atoms with Crippen LogP contribution in [-0.4, -0.2) is 27.6 Å². The summed E-state index contributed by atoms with van der Waals surface area (Å²) >= 11 is 6.03. The molecule has 0 aliphatic carbocycles. The number of hydrogen-bond donors (Lipinski definition) is 3. The quantitative estimate of drug-likeness (QED) is 0.746. The molecule has 0 spiro atoms. The Morgan fingerprint density at radius 3 is 3.00 bits per heavy atom. The van der Waals surface area contributed by atoms with Crippen LogP contribution in [0.25, 0.3) is 0 Å². The third-order valence-electron chi connectivity index (χ3n) is 2.50. The van der Waals surface area contributed by atoms with Gasteiger partial charge in [-0.05, 0) is 18.2 Å². The number of carbonyl (C=O) groups is 1. The van der Waals surface area contributed by atoms with E-state index in [1.807, 2.05) is 0 Å². The van der Waals surface area contributed by atoms with Crippen molar-refractivity contribution >= 4 is 17.5 Å². The Morgan fingerprint density at radius 2 is 2.35 bits per heavy atom. The first-order valence-electron chi connectivity index (χ1n) is 5.86. The third-order valence-corrected chi connectivity index (χ3v) is 2.82. The summed E-state index contributed by atoms with van der Waals surface area (Å²) in [5.41, 5.74) is 1.01. The molecule has 0 saturated carbocycles. The smallest absolute Gasteiger partial charge is 0.251 e. The zero-order valence-corrected chi connectivity index (χ0v) is 11.2. The van der Waals surface area contributed by atoms with Gasteiger partial charge in [0.25, 0.3) is 5.91 Å². The van der Waals surface area contributed by atoms with Crippen LogP contribution < -0.4 is 5.32 Å². The fraction of sp³-hybridized carbons (Fsp3) is 0.143. The van der Waals surface area contributed by atoms with E-state index in [2.05, 4.69) is 27.1 Å². The number of halogens is 1. The zero-order chi connectivity index (χ0) is 14.4. The Kier molecular flexibility index (Phi) is 4.77. The summed E-state index contributed by atoms with van der Waals surface area (Å²) in [5.74, 6) is 5.64. The van der Waals surface area contributed by atoms with Crippen LogP contribution in [0.5, 0.6) is 0 Å². The number of nitrogens with zero attached hydrogens (tertiary/aromatic N) is 1. The number of benzene rings is 1. The zero-order valence-electron chi connectivity index (χ0n) is 10.5. The summed E-state index contributed by atoms with van der Waals surface area (Å²) in [5, 5.41) is 11.7. The van der Waals surface area contributed by atoms with E-state index < -0.39 is 0 Å². The molecule has 0 radical (unpaired) electrons. The van der Waals surface area contributed by atoms with Gasteiger partial charge in [0.2, 0.25) is 0 Å². The van der Waals surface area contributed by atoms with Crippen molar-refractivity contribution in [3.8, 4) is 11.8 Å². The second kappa shape index (κ2) is 6.75. The predicted octanol–water partition coefficient (Wildman–Crippen LogP) is 1.34. The molecular formula is C14H12ClN3O2. The Bertz CT molecular complexity index is 657. The van der Waals surface area contributed by atoms with Gasteiger partial charge in [-0.1, -0.05) is 23.4 Å². The number of rotatable bonds is 3. The molecule has 2 aromatic rings. The molecule has 20 heavy (non-hydrogen) atoms. The van der Waals surface area contributed by atoms with Crippen molar-refractivity contribution in [2.24, 2.45) is 0 Å². The minimum Gasteiger partial charge on any atom is -0.384 e. The van der Waals surface area contributed by atoms with E-state index in [4.69, 9.17) is 16.7 Å². The number of hydrogen-bond acceptors (Lipinski definition) is 3. The van der Waals surface area contributed by atoms with Gasteiger partial charge in [-0.25, -0.2) is 4.98 Å². The van der Waals surface area contributed by atoms with Crippen molar-refractivity contribution < 1.29 is 9.90 Å². The molecule has 5 nitrogen and oxygen atoms in total. The van der Waals surface area contributed by atoms with E-state index in [0.717, 1.165) is 0 Å². The van der Waals surface area contributed by atoms with Gasteiger partial charge in [-0.2, -0.15) is 0 Å². The molecule has 1 amide bonds. The molecule has 0 saturated heterocycles. The van der Waals surface area contributed by atoms with Gasteiger partial charge in [0.05, 0.1) is 11.6 Å². The van der Waals surface area contributed by atoms with Crippen LogP contribution >= 0.6 is 11.6 Å². The summed E-state index contributed by atoms with van der Waals surface area (Å²) < 4.78 is 0. The number of amides is 1. The van der Waals surface area contributed by atoms with E-state index in [1.165, 1.54) is 0 Å². The molecule has 0 aliphatic rings. The molecular weight excluding hydrogens is 278 g/mol. The molecule has 3 N–H and O–H groups in total. The van der Waals surface area contributed by atoms with Crippen molar-refractivity contribution in [2.75, 3.05) is 6.61 Å². The van der Waals surface area contributed by atoms with Gasteiger partial charge in [0.15, 0.2) is 0 Å². The molecule has 2 rings (SSSR count). The van der Waals surface area contributed by atoms with Gasteiger partial charge in [-0.15, -0.1) is 0 Å². The Morgan fingerprint density at radius 1 is 1.50 bits per heavy atom. The number of imidazole rings is 1. The number of aromatic amines is 1. The van der Waals surface area contributed by atoms with Gasteiger partial charge < -0.3 is 15.4 Å². The first kappa shape index (κ1) is 14.1. The monoisotopic (exact) mass is 289 g/mol. The number of aromatic nitrogens is 2. The first-order chi connectivity index (χ1) is 9.70. The van der Waals surface area contributed by atoms with E-state index >= 15 is 0 Å². The lowest BCUT2D eigenvalue weighted by molar-refractivity contribution is 0.0950. The fourth-order valence-corrected chi connectivity index (χ4v) is 1.78. The van der Waals surface area contributed by atoms with E-state index in [0.29, 0.717) is 28.5 Å². The van der Waals surface area contributed by atoms with Crippen LogP contribution in [-0.2, 0) is 6.54 Å². The second-order valence-electron chi connectivity index (χ2n) is 3.87. The SMILES string of the molecule is O=C(NCc1ncc[nH]1)c1ccc(C#CCO)c(Cl)c1. The van der Waals surface area contributed by atoms with E-state index in [1.54, 1.807) is 30.6 Å². The van der Waals surface area contributed by atoms with Crippen molar-refractivity contribution in [1.82, 2.24) is 15.3 Å². The number of H-pyrrole nitrogens is 1. The third kappa shape index (κ3) is 3.60.